The number of aromatic nitrogens is 2. The molecule has 0 unspecified atom stereocenters. The van der Waals surface area contributed by atoms with Gasteiger partial charge in [0.15, 0.2) is 6.61 Å². The number of ether oxygens (including phenoxy) is 1. The van der Waals surface area contributed by atoms with E-state index < -0.39 is 35.8 Å². The number of anilines is 1. The van der Waals surface area contributed by atoms with Gasteiger partial charge in [-0.2, -0.15) is 18.2 Å². The molecular formula is C21H18F3N3O4. The van der Waals surface area contributed by atoms with Crippen molar-refractivity contribution in [2.24, 2.45) is 7.05 Å². The first-order chi connectivity index (χ1) is 14.6. The number of amides is 1. The van der Waals surface area contributed by atoms with Crippen molar-refractivity contribution >= 4 is 28.5 Å². The van der Waals surface area contributed by atoms with E-state index in [-0.39, 0.29) is 18.5 Å². The average Bonchev–Trinajstić information content (AvgIpc) is 2.73. The summed E-state index contributed by atoms with van der Waals surface area (Å²) in [5, 5.41) is 2.71. The van der Waals surface area contributed by atoms with E-state index in [2.05, 4.69) is 10.3 Å². The van der Waals surface area contributed by atoms with Crippen LogP contribution in [-0.2, 0) is 34.0 Å². The first-order valence-electron chi connectivity index (χ1n) is 9.22. The maximum absolute atomic E-state index is 12.7. The first kappa shape index (κ1) is 22.0. The summed E-state index contributed by atoms with van der Waals surface area (Å²) >= 11 is 0. The second-order valence-electron chi connectivity index (χ2n) is 6.70. The molecule has 0 aliphatic heterocycles. The van der Waals surface area contributed by atoms with E-state index in [0.717, 1.165) is 18.2 Å². The molecule has 0 saturated heterocycles. The smallest absolute Gasteiger partial charge is 0.416 e. The van der Waals surface area contributed by atoms with E-state index in [1.165, 1.54) is 6.07 Å². The molecule has 3 rings (SSSR count). The SMILES string of the molecule is Cn1c(CCC(=O)OCC(=O)Nc2cccc(C(F)(F)F)c2)nc(=O)c2ccccc21. The Morgan fingerprint density at radius 2 is 1.87 bits per heavy atom. The summed E-state index contributed by atoms with van der Waals surface area (Å²) in [6, 6.07) is 11.0. The highest BCUT2D eigenvalue weighted by atomic mass is 19.4. The summed E-state index contributed by atoms with van der Waals surface area (Å²) < 4.78 is 44.7. The van der Waals surface area contributed by atoms with Gasteiger partial charge >= 0.3 is 12.1 Å². The van der Waals surface area contributed by atoms with Crippen molar-refractivity contribution < 1.29 is 27.5 Å². The summed E-state index contributed by atoms with van der Waals surface area (Å²) in [6.45, 7) is -0.654. The number of benzene rings is 2. The van der Waals surface area contributed by atoms with Crippen LogP contribution in [0.25, 0.3) is 10.9 Å². The Bertz CT molecular complexity index is 1190. The Morgan fingerprint density at radius 1 is 1.13 bits per heavy atom. The molecule has 0 saturated carbocycles. The van der Waals surface area contributed by atoms with Gasteiger partial charge in [-0.05, 0) is 30.3 Å². The van der Waals surface area contributed by atoms with Crippen LogP contribution < -0.4 is 10.9 Å². The van der Waals surface area contributed by atoms with Crippen molar-refractivity contribution in [3.63, 3.8) is 0 Å². The van der Waals surface area contributed by atoms with Crippen LogP contribution in [0.5, 0.6) is 0 Å². The van der Waals surface area contributed by atoms with E-state index in [0.29, 0.717) is 16.7 Å². The Kier molecular flexibility index (Phi) is 6.38. The number of aryl methyl sites for hydroxylation is 2. The van der Waals surface area contributed by atoms with Gasteiger partial charge in [-0.1, -0.05) is 18.2 Å². The molecule has 0 aliphatic rings. The Hall–Kier alpha value is -3.69. The van der Waals surface area contributed by atoms with Crippen molar-refractivity contribution in [3.8, 4) is 0 Å². The Balaban J connectivity index is 1.54. The minimum absolute atomic E-state index is 0.0637. The maximum Gasteiger partial charge on any atom is 0.416 e. The van der Waals surface area contributed by atoms with E-state index in [9.17, 15) is 27.6 Å². The van der Waals surface area contributed by atoms with Gasteiger partial charge in [0.2, 0.25) is 0 Å². The normalized spacial score (nSPS) is 11.4. The zero-order valence-electron chi connectivity index (χ0n) is 16.4. The molecule has 1 aromatic heterocycles. The molecule has 1 heterocycles. The van der Waals surface area contributed by atoms with Crippen molar-refractivity contribution in [2.75, 3.05) is 11.9 Å². The number of alkyl halides is 3. The first-order valence-corrected chi connectivity index (χ1v) is 9.22. The van der Waals surface area contributed by atoms with Gasteiger partial charge in [-0.25, -0.2) is 0 Å². The third kappa shape index (κ3) is 5.47. The molecule has 3 aromatic rings. The predicted molar refractivity (Wildman–Crippen MR) is 106 cm³/mol. The molecular weight excluding hydrogens is 415 g/mol. The highest BCUT2D eigenvalue weighted by molar-refractivity contribution is 5.92. The highest BCUT2D eigenvalue weighted by Gasteiger charge is 2.30. The Morgan fingerprint density at radius 3 is 2.61 bits per heavy atom. The average molecular weight is 433 g/mol. The van der Waals surface area contributed by atoms with Crippen LogP contribution in [0.1, 0.15) is 17.8 Å². The van der Waals surface area contributed by atoms with E-state index >= 15 is 0 Å². The zero-order chi connectivity index (χ0) is 22.6. The van der Waals surface area contributed by atoms with Gasteiger partial charge in [0.05, 0.1) is 22.9 Å². The van der Waals surface area contributed by atoms with Crippen LogP contribution in [0.2, 0.25) is 0 Å². The summed E-state index contributed by atoms with van der Waals surface area (Å²) in [6.07, 6.45) is -4.55. The predicted octanol–water partition coefficient (Wildman–Crippen LogP) is 3.07. The fraction of sp³-hybridized carbons (Fsp3) is 0.238. The summed E-state index contributed by atoms with van der Waals surface area (Å²) in [7, 11) is 1.72. The molecule has 1 N–H and O–H groups in total. The monoisotopic (exact) mass is 433 g/mol. The van der Waals surface area contributed by atoms with Gasteiger partial charge in [-0.3, -0.25) is 14.4 Å². The number of carbonyl (C=O) groups excluding carboxylic acids is 2. The molecule has 0 spiro atoms. The minimum Gasteiger partial charge on any atom is -0.456 e. The molecule has 0 radical (unpaired) electrons. The van der Waals surface area contributed by atoms with Gasteiger partial charge < -0.3 is 14.6 Å². The second-order valence-corrected chi connectivity index (χ2v) is 6.70. The lowest BCUT2D eigenvalue weighted by atomic mass is 10.2. The number of nitrogens with zero attached hydrogens (tertiary/aromatic N) is 2. The number of nitrogens with one attached hydrogen (secondary N) is 1. The fourth-order valence-electron chi connectivity index (χ4n) is 2.96. The van der Waals surface area contributed by atoms with E-state index in [1.54, 1.807) is 35.9 Å². The molecule has 7 nitrogen and oxygen atoms in total. The van der Waals surface area contributed by atoms with Gasteiger partial charge in [-0.15, -0.1) is 0 Å². The third-order valence-corrected chi connectivity index (χ3v) is 4.50. The molecule has 0 atom stereocenters. The van der Waals surface area contributed by atoms with Crippen molar-refractivity contribution in [1.29, 1.82) is 0 Å². The minimum atomic E-state index is -4.54. The van der Waals surface area contributed by atoms with E-state index in [1.807, 2.05) is 0 Å². The van der Waals surface area contributed by atoms with Gasteiger partial charge in [0.1, 0.15) is 5.82 Å². The van der Waals surface area contributed by atoms with E-state index in [4.69, 9.17) is 4.74 Å². The van der Waals surface area contributed by atoms with Crippen LogP contribution in [0.4, 0.5) is 18.9 Å². The molecule has 10 heteroatoms. The summed E-state index contributed by atoms with van der Waals surface area (Å²) in [5.74, 6) is -1.10. The van der Waals surface area contributed by atoms with Crippen LogP contribution in [0.3, 0.4) is 0 Å². The maximum atomic E-state index is 12.7. The number of para-hydroxylation sites is 1. The van der Waals surface area contributed by atoms with Crippen LogP contribution >= 0.6 is 0 Å². The second kappa shape index (κ2) is 8.99. The fourth-order valence-corrected chi connectivity index (χ4v) is 2.96. The largest absolute Gasteiger partial charge is 0.456 e. The van der Waals surface area contributed by atoms with Crippen LogP contribution in [0.15, 0.2) is 53.3 Å². The molecule has 31 heavy (non-hydrogen) atoms. The molecule has 1 amide bonds. The van der Waals surface area contributed by atoms with Crippen molar-refractivity contribution in [3.05, 3.63) is 70.3 Å². The summed E-state index contributed by atoms with van der Waals surface area (Å²) in [4.78, 5) is 39.9. The van der Waals surface area contributed by atoms with Crippen LogP contribution in [-0.4, -0.2) is 28.0 Å². The number of hydrogen-bond donors (Lipinski definition) is 1. The third-order valence-electron chi connectivity index (χ3n) is 4.50. The lowest BCUT2D eigenvalue weighted by molar-refractivity contribution is -0.147. The number of fused-ring (bicyclic) bond motifs is 1. The highest BCUT2D eigenvalue weighted by Crippen LogP contribution is 2.30. The Labute approximate surface area is 174 Å². The number of carbonyl (C=O) groups is 2. The topological polar surface area (TPSA) is 90.3 Å². The van der Waals surface area contributed by atoms with Crippen molar-refractivity contribution in [2.45, 2.75) is 19.0 Å². The number of hydrogen-bond acceptors (Lipinski definition) is 5. The molecule has 0 bridgehead atoms. The standard InChI is InChI=1S/C21H18F3N3O4/c1-27-16-8-3-2-7-15(16)20(30)26-17(27)9-10-19(29)31-12-18(28)25-14-6-4-5-13(11-14)21(22,23)24/h2-8,11H,9-10,12H2,1H3,(H,25,28). The number of rotatable bonds is 6. The molecule has 0 aliphatic carbocycles. The lowest BCUT2D eigenvalue weighted by Crippen LogP contribution is -2.22. The number of halogens is 3. The number of esters is 1. The molecule has 162 valence electrons. The zero-order valence-corrected chi connectivity index (χ0v) is 16.4. The van der Waals surface area contributed by atoms with Crippen molar-refractivity contribution in [1.82, 2.24) is 9.55 Å². The summed E-state index contributed by atoms with van der Waals surface area (Å²) in [5.41, 5.74) is -0.703. The lowest BCUT2D eigenvalue weighted by Gasteiger charge is -2.11. The molecule has 0 fully saturated rings. The molecule has 2 aromatic carbocycles. The van der Waals surface area contributed by atoms with Crippen LogP contribution in [0, 0.1) is 0 Å². The quantitative estimate of drug-likeness (QED) is 0.604. The van der Waals surface area contributed by atoms with Gasteiger partial charge in [0, 0.05) is 19.2 Å². The van der Waals surface area contributed by atoms with Gasteiger partial charge in [0.25, 0.3) is 11.5 Å².